The number of nitrogens with two attached hydrogens (primary N) is 1. The van der Waals surface area contributed by atoms with Crippen molar-refractivity contribution in [2.24, 2.45) is 0 Å². The minimum absolute atomic E-state index is 0.451. The third-order valence-electron chi connectivity index (χ3n) is 5.62. The van der Waals surface area contributed by atoms with Crippen LogP contribution in [0.1, 0.15) is 48.1 Å². The lowest BCUT2D eigenvalue weighted by Crippen LogP contribution is -2.55. The van der Waals surface area contributed by atoms with Crippen LogP contribution in [0.25, 0.3) is 0 Å². The van der Waals surface area contributed by atoms with E-state index < -0.39 is 37.1 Å². The summed E-state index contributed by atoms with van der Waals surface area (Å²) < 4.78 is 5.66. The van der Waals surface area contributed by atoms with Crippen LogP contribution in [0.4, 0.5) is 5.69 Å². The Bertz CT molecular complexity index is 792. The van der Waals surface area contributed by atoms with Gasteiger partial charge in [0, 0.05) is 5.69 Å². The second kappa shape index (κ2) is 9.69. The predicted octanol–water partition coefficient (Wildman–Crippen LogP) is 1.72. The van der Waals surface area contributed by atoms with Gasteiger partial charge in [0.2, 0.25) is 0 Å². The summed E-state index contributed by atoms with van der Waals surface area (Å²) in [6, 6.07) is 13.8. The zero-order chi connectivity index (χ0) is 21.0. The molecule has 1 aliphatic rings. The molecule has 0 unspecified atom stereocenters. The Labute approximate surface area is 171 Å². The average Bonchev–Trinajstić information content (AvgIpc) is 2.73. The van der Waals surface area contributed by atoms with Gasteiger partial charge < -0.3 is 30.9 Å². The van der Waals surface area contributed by atoms with Gasteiger partial charge in [0.15, 0.2) is 0 Å². The zero-order valence-corrected chi connectivity index (χ0v) is 16.7. The van der Waals surface area contributed by atoms with E-state index in [1.165, 1.54) is 18.4 Å². The van der Waals surface area contributed by atoms with Crippen molar-refractivity contribution < 1.29 is 25.2 Å². The molecule has 1 fully saturated rings. The molecule has 1 aliphatic heterocycles. The Hall–Kier alpha value is -1.96. The number of rotatable bonds is 7. The van der Waals surface area contributed by atoms with E-state index in [9.17, 15) is 20.4 Å². The van der Waals surface area contributed by atoms with Crippen LogP contribution >= 0.6 is 0 Å². The summed E-state index contributed by atoms with van der Waals surface area (Å²) in [7, 11) is 0. The van der Waals surface area contributed by atoms with Gasteiger partial charge in [0.05, 0.1) is 6.61 Å². The quantitative estimate of drug-likeness (QED) is 0.451. The van der Waals surface area contributed by atoms with Crippen molar-refractivity contribution in [2.75, 3.05) is 12.3 Å². The highest BCUT2D eigenvalue weighted by Crippen LogP contribution is 2.34. The number of aryl methyl sites for hydroxylation is 1. The number of nitrogen functional groups attached to an aromatic ring is 1. The smallest absolute Gasteiger partial charge is 0.113 e. The third kappa shape index (κ3) is 4.97. The van der Waals surface area contributed by atoms with Crippen LogP contribution < -0.4 is 5.73 Å². The van der Waals surface area contributed by atoms with Gasteiger partial charge in [0.25, 0.3) is 0 Å². The molecule has 1 saturated heterocycles. The first-order valence-corrected chi connectivity index (χ1v) is 10.2. The largest absolute Gasteiger partial charge is 0.398 e. The summed E-state index contributed by atoms with van der Waals surface area (Å²) >= 11 is 0. The first-order valence-electron chi connectivity index (χ1n) is 10.2. The monoisotopic (exact) mass is 401 g/mol. The summed E-state index contributed by atoms with van der Waals surface area (Å²) in [6.45, 7) is 1.73. The summed E-state index contributed by atoms with van der Waals surface area (Å²) in [5, 5.41) is 39.8. The molecule has 6 N–H and O–H groups in total. The first-order chi connectivity index (χ1) is 13.9. The number of anilines is 1. The molecular formula is C23H31NO5. The van der Waals surface area contributed by atoms with E-state index in [4.69, 9.17) is 10.5 Å². The first kappa shape index (κ1) is 21.7. The van der Waals surface area contributed by atoms with Gasteiger partial charge in [-0.15, -0.1) is 0 Å². The van der Waals surface area contributed by atoms with E-state index in [1.807, 2.05) is 6.07 Å². The lowest BCUT2D eigenvalue weighted by molar-refractivity contribution is -0.231. The van der Waals surface area contributed by atoms with E-state index in [0.717, 1.165) is 17.5 Å². The number of ether oxygens (including phenoxy) is 1. The predicted molar refractivity (Wildman–Crippen MR) is 111 cm³/mol. The van der Waals surface area contributed by atoms with Gasteiger partial charge in [-0.3, -0.25) is 0 Å². The summed E-state index contributed by atoms with van der Waals surface area (Å²) in [5.74, 6) is 0. The van der Waals surface area contributed by atoms with E-state index in [1.54, 1.807) is 12.1 Å². The number of aliphatic hydroxyl groups is 4. The Kier molecular flexibility index (Phi) is 7.27. The number of aliphatic hydroxyl groups excluding tert-OH is 4. The fourth-order valence-corrected chi connectivity index (χ4v) is 3.76. The van der Waals surface area contributed by atoms with Gasteiger partial charge in [0.1, 0.15) is 30.5 Å². The number of benzene rings is 2. The van der Waals surface area contributed by atoms with Crippen molar-refractivity contribution >= 4 is 5.69 Å². The molecular weight excluding hydrogens is 370 g/mol. The van der Waals surface area contributed by atoms with Crippen LogP contribution in [-0.4, -0.2) is 51.4 Å². The van der Waals surface area contributed by atoms with Crippen LogP contribution in [0.3, 0.4) is 0 Å². The number of hydrogen-bond donors (Lipinski definition) is 5. The molecule has 2 aromatic carbocycles. The Morgan fingerprint density at radius 1 is 0.931 bits per heavy atom. The fraction of sp³-hybridized carbons (Fsp3) is 0.478. The van der Waals surface area contributed by atoms with Crippen molar-refractivity contribution in [3.8, 4) is 0 Å². The normalized spacial score (nSPS) is 27.1. The second-order valence-electron chi connectivity index (χ2n) is 7.80. The Morgan fingerprint density at radius 2 is 1.62 bits per heavy atom. The second-order valence-corrected chi connectivity index (χ2v) is 7.80. The molecule has 158 valence electrons. The van der Waals surface area contributed by atoms with E-state index in [-0.39, 0.29) is 0 Å². The maximum Gasteiger partial charge on any atom is 0.113 e. The highest BCUT2D eigenvalue weighted by molar-refractivity contribution is 5.51. The van der Waals surface area contributed by atoms with Crippen LogP contribution in [0, 0.1) is 0 Å². The van der Waals surface area contributed by atoms with E-state index in [2.05, 4.69) is 31.2 Å². The summed E-state index contributed by atoms with van der Waals surface area (Å²) in [6.07, 6.45) is -1.82. The van der Waals surface area contributed by atoms with Crippen molar-refractivity contribution in [2.45, 2.75) is 63.1 Å². The molecule has 0 aliphatic carbocycles. The topological polar surface area (TPSA) is 116 Å². The van der Waals surface area contributed by atoms with Crippen molar-refractivity contribution in [3.63, 3.8) is 0 Å². The lowest BCUT2D eigenvalue weighted by atomic mass is 9.89. The van der Waals surface area contributed by atoms with E-state index in [0.29, 0.717) is 17.7 Å². The van der Waals surface area contributed by atoms with Crippen molar-refractivity contribution in [3.05, 3.63) is 64.7 Å². The summed E-state index contributed by atoms with van der Waals surface area (Å²) in [4.78, 5) is 0. The highest BCUT2D eigenvalue weighted by Gasteiger charge is 2.43. The molecule has 0 amide bonds. The standard InChI is InChI=1S/C23H31NO5/c1-2-3-4-14-5-7-15(8-6-14)11-17-12-16(9-10-18(17)24)23-22(28)21(27)20(26)19(13-25)29-23/h5-10,12,19-23,25-28H,2-4,11,13,24H2,1H3/t19-,20-,21+,22-,23+/m1/s1. The molecule has 6 heteroatoms. The molecule has 5 atom stereocenters. The molecule has 3 rings (SSSR count). The van der Waals surface area contributed by atoms with Crippen LogP contribution in [0.2, 0.25) is 0 Å². The van der Waals surface area contributed by atoms with Gasteiger partial charge in [-0.05, 0) is 47.6 Å². The molecule has 0 aromatic heterocycles. The fourth-order valence-electron chi connectivity index (χ4n) is 3.76. The lowest BCUT2D eigenvalue weighted by Gasteiger charge is -2.40. The van der Waals surface area contributed by atoms with Gasteiger partial charge >= 0.3 is 0 Å². The highest BCUT2D eigenvalue weighted by atomic mass is 16.5. The van der Waals surface area contributed by atoms with Crippen LogP contribution in [0.5, 0.6) is 0 Å². The molecule has 2 aromatic rings. The minimum atomic E-state index is -1.40. The molecule has 0 bridgehead atoms. The van der Waals surface area contributed by atoms with E-state index >= 15 is 0 Å². The molecule has 0 saturated carbocycles. The number of unbranched alkanes of at least 4 members (excludes halogenated alkanes) is 1. The molecule has 0 spiro atoms. The van der Waals surface area contributed by atoms with Crippen molar-refractivity contribution in [1.82, 2.24) is 0 Å². The third-order valence-corrected chi connectivity index (χ3v) is 5.62. The molecule has 6 nitrogen and oxygen atoms in total. The summed E-state index contributed by atoms with van der Waals surface area (Å²) in [5.41, 5.74) is 10.8. The van der Waals surface area contributed by atoms with Gasteiger partial charge in [-0.2, -0.15) is 0 Å². The van der Waals surface area contributed by atoms with Crippen LogP contribution in [-0.2, 0) is 17.6 Å². The molecule has 29 heavy (non-hydrogen) atoms. The maximum atomic E-state index is 10.4. The van der Waals surface area contributed by atoms with Crippen LogP contribution in [0.15, 0.2) is 42.5 Å². The minimum Gasteiger partial charge on any atom is -0.398 e. The maximum absolute atomic E-state index is 10.4. The molecule has 0 radical (unpaired) electrons. The average molecular weight is 402 g/mol. The zero-order valence-electron chi connectivity index (χ0n) is 16.7. The van der Waals surface area contributed by atoms with Crippen molar-refractivity contribution in [1.29, 1.82) is 0 Å². The molecule has 1 heterocycles. The number of hydrogen-bond acceptors (Lipinski definition) is 6. The Morgan fingerprint density at radius 3 is 2.28 bits per heavy atom. The Balaban J connectivity index is 1.79. The SMILES string of the molecule is CCCCc1ccc(Cc2cc([C@@H]3O[C@H](CO)[C@@H](O)[C@H](O)[C@H]3O)ccc2N)cc1. The van der Waals surface area contributed by atoms with Gasteiger partial charge in [-0.1, -0.05) is 49.7 Å². The van der Waals surface area contributed by atoms with Gasteiger partial charge in [-0.25, -0.2) is 0 Å².